The number of aryl methyl sites for hydroxylation is 1. The number of thiophene rings is 1. The summed E-state index contributed by atoms with van der Waals surface area (Å²) in [6.45, 7) is 2.94. The van der Waals surface area contributed by atoms with Crippen LogP contribution in [0.4, 0.5) is 11.4 Å². The fourth-order valence-corrected chi connectivity index (χ4v) is 2.77. The highest BCUT2D eigenvalue weighted by Crippen LogP contribution is 2.24. The Balaban J connectivity index is 2.05. The van der Waals surface area contributed by atoms with Gasteiger partial charge in [0.05, 0.1) is 5.02 Å². The zero-order valence-corrected chi connectivity index (χ0v) is 12.4. The van der Waals surface area contributed by atoms with Gasteiger partial charge in [0, 0.05) is 42.3 Å². The maximum atomic E-state index is 5.91. The fraction of sp³-hybridized carbons (Fsp3) is 0.286. The van der Waals surface area contributed by atoms with Gasteiger partial charge in [-0.1, -0.05) is 11.6 Å². The SMILES string of the molecule is Cc1cc(N(C)C)ccc1NCc1cc(Cl)cs1. The van der Waals surface area contributed by atoms with Crippen LogP contribution in [0.5, 0.6) is 0 Å². The zero-order valence-electron chi connectivity index (χ0n) is 10.8. The van der Waals surface area contributed by atoms with Crippen LogP contribution in [0.1, 0.15) is 10.4 Å². The molecular formula is C14H17ClN2S. The Hall–Kier alpha value is -1.19. The van der Waals surface area contributed by atoms with Gasteiger partial charge in [0.25, 0.3) is 0 Å². The number of hydrogen-bond donors (Lipinski definition) is 1. The predicted molar refractivity (Wildman–Crippen MR) is 82.2 cm³/mol. The lowest BCUT2D eigenvalue weighted by molar-refractivity contribution is 1.12. The zero-order chi connectivity index (χ0) is 13.1. The van der Waals surface area contributed by atoms with Crippen molar-refractivity contribution in [2.45, 2.75) is 13.5 Å². The molecule has 1 aromatic carbocycles. The van der Waals surface area contributed by atoms with Crippen molar-refractivity contribution in [1.29, 1.82) is 0 Å². The van der Waals surface area contributed by atoms with Crippen LogP contribution in [-0.4, -0.2) is 14.1 Å². The first kappa shape index (κ1) is 13.2. The molecule has 0 atom stereocenters. The molecule has 96 valence electrons. The topological polar surface area (TPSA) is 15.3 Å². The molecular weight excluding hydrogens is 264 g/mol. The number of nitrogens with zero attached hydrogens (tertiary/aromatic N) is 1. The summed E-state index contributed by atoms with van der Waals surface area (Å²) in [5, 5.41) is 6.22. The highest BCUT2D eigenvalue weighted by molar-refractivity contribution is 7.10. The van der Waals surface area contributed by atoms with Crippen molar-refractivity contribution in [2.75, 3.05) is 24.3 Å². The Kier molecular flexibility index (Phi) is 4.15. The minimum Gasteiger partial charge on any atom is -0.380 e. The smallest absolute Gasteiger partial charge is 0.0516 e. The van der Waals surface area contributed by atoms with Crippen molar-refractivity contribution in [2.24, 2.45) is 0 Å². The summed E-state index contributed by atoms with van der Waals surface area (Å²) in [6, 6.07) is 8.43. The van der Waals surface area contributed by atoms with Crippen LogP contribution in [0.3, 0.4) is 0 Å². The van der Waals surface area contributed by atoms with E-state index < -0.39 is 0 Å². The molecule has 18 heavy (non-hydrogen) atoms. The second kappa shape index (κ2) is 5.63. The lowest BCUT2D eigenvalue weighted by Gasteiger charge is -2.15. The van der Waals surface area contributed by atoms with E-state index in [4.69, 9.17) is 11.6 Å². The number of halogens is 1. The maximum absolute atomic E-state index is 5.91. The molecule has 0 amide bonds. The van der Waals surface area contributed by atoms with E-state index in [0.717, 1.165) is 11.6 Å². The third-order valence-electron chi connectivity index (χ3n) is 2.80. The van der Waals surface area contributed by atoms with E-state index in [-0.39, 0.29) is 0 Å². The molecule has 0 unspecified atom stereocenters. The molecule has 2 nitrogen and oxygen atoms in total. The Bertz CT molecular complexity index is 534. The molecule has 0 aliphatic heterocycles. The molecule has 0 fully saturated rings. The Morgan fingerprint density at radius 3 is 2.61 bits per heavy atom. The minimum atomic E-state index is 0.816. The summed E-state index contributed by atoms with van der Waals surface area (Å²) in [6.07, 6.45) is 0. The summed E-state index contributed by atoms with van der Waals surface area (Å²) in [5.74, 6) is 0. The maximum Gasteiger partial charge on any atom is 0.0516 e. The van der Waals surface area contributed by atoms with Gasteiger partial charge in [0.2, 0.25) is 0 Å². The van der Waals surface area contributed by atoms with Crippen LogP contribution in [-0.2, 0) is 6.54 Å². The number of anilines is 2. The first-order valence-corrected chi connectivity index (χ1v) is 7.07. The molecule has 0 saturated carbocycles. The van der Waals surface area contributed by atoms with Gasteiger partial charge in [-0.05, 0) is 36.8 Å². The van der Waals surface area contributed by atoms with Crippen molar-refractivity contribution >= 4 is 34.3 Å². The number of hydrogen-bond acceptors (Lipinski definition) is 3. The van der Waals surface area contributed by atoms with Gasteiger partial charge in [-0.15, -0.1) is 11.3 Å². The van der Waals surface area contributed by atoms with Gasteiger partial charge in [-0.25, -0.2) is 0 Å². The highest BCUT2D eigenvalue weighted by Gasteiger charge is 2.02. The van der Waals surface area contributed by atoms with Crippen molar-refractivity contribution in [3.05, 3.63) is 45.1 Å². The van der Waals surface area contributed by atoms with Gasteiger partial charge in [0.1, 0.15) is 0 Å². The van der Waals surface area contributed by atoms with Gasteiger partial charge >= 0.3 is 0 Å². The van der Waals surface area contributed by atoms with E-state index in [0.29, 0.717) is 0 Å². The number of rotatable bonds is 4. The van der Waals surface area contributed by atoms with Crippen LogP contribution in [0.15, 0.2) is 29.6 Å². The quantitative estimate of drug-likeness (QED) is 0.894. The highest BCUT2D eigenvalue weighted by atomic mass is 35.5. The second-order valence-electron chi connectivity index (χ2n) is 4.48. The van der Waals surface area contributed by atoms with Crippen molar-refractivity contribution < 1.29 is 0 Å². The van der Waals surface area contributed by atoms with Gasteiger partial charge in [-0.2, -0.15) is 0 Å². The molecule has 1 aromatic heterocycles. The molecule has 0 aliphatic rings. The Morgan fingerprint density at radius 2 is 2.06 bits per heavy atom. The van der Waals surface area contributed by atoms with Crippen LogP contribution in [0.2, 0.25) is 5.02 Å². The van der Waals surface area contributed by atoms with Crippen LogP contribution >= 0.6 is 22.9 Å². The van der Waals surface area contributed by atoms with E-state index in [1.165, 1.54) is 21.8 Å². The molecule has 1 N–H and O–H groups in total. The molecule has 0 bridgehead atoms. The predicted octanol–water partition coefficient (Wildman–Crippen LogP) is 4.39. The third kappa shape index (κ3) is 3.18. The molecule has 0 radical (unpaired) electrons. The lowest BCUT2D eigenvalue weighted by Crippen LogP contribution is -2.09. The molecule has 2 aromatic rings. The molecule has 0 spiro atoms. The first-order chi connectivity index (χ1) is 8.56. The fourth-order valence-electron chi connectivity index (χ4n) is 1.75. The average Bonchev–Trinajstić information content (AvgIpc) is 2.73. The van der Waals surface area contributed by atoms with E-state index in [1.54, 1.807) is 11.3 Å². The summed E-state index contributed by atoms with van der Waals surface area (Å²) >= 11 is 7.59. The summed E-state index contributed by atoms with van der Waals surface area (Å²) in [5.41, 5.74) is 3.64. The second-order valence-corrected chi connectivity index (χ2v) is 5.91. The van der Waals surface area contributed by atoms with E-state index in [1.807, 2.05) is 11.4 Å². The van der Waals surface area contributed by atoms with E-state index in [2.05, 4.69) is 49.4 Å². The largest absolute Gasteiger partial charge is 0.380 e. The average molecular weight is 281 g/mol. The standard InChI is InChI=1S/C14H17ClN2S/c1-10-6-12(17(2)3)4-5-14(10)16-8-13-7-11(15)9-18-13/h4-7,9,16H,8H2,1-3H3. The van der Waals surface area contributed by atoms with Crippen LogP contribution in [0.25, 0.3) is 0 Å². The van der Waals surface area contributed by atoms with Crippen LogP contribution < -0.4 is 10.2 Å². The molecule has 1 heterocycles. The molecule has 4 heteroatoms. The van der Waals surface area contributed by atoms with Gasteiger partial charge < -0.3 is 10.2 Å². The monoisotopic (exact) mass is 280 g/mol. The summed E-state index contributed by atoms with van der Waals surface area (Å²) in [4.78, 5) is 3.35. The summed E-state index contributed by atoms with van der Waals surface area (Å²) < 4.78 is 0. The van der Waals surface area contributed by atoms with Gasteiger partial charge in [0.15, 0.2) is 0 Å². The normalized spacial score (nSPS) is 10.4. The summed E-state index contributed by atoms with van der Waals surface area (Å²) in [7, 11) is 4.10. The molecule has 0 saturated heterocycles. The minimum absolute atomic E-state index is 0.816. The van der Waals surface area contributed by atoms with Gasteiger partial charge in [-0.3, -0.25) is 0 Å². The molecule has 2 rings (SSSR count). The third-order valence-corrected chi connectivity index (χ3v) is 4.09. The van der Waals surface area contributed by atoms with E-state index >= 15 is 0 Å². The van der Waals surface area contributed by atoms with Crippen molar-refractivity contribution in [1.82, 2.24) is 0 Å². The Morgan fingerprint density at radius 1 is 1.28 bits per heavy atom. The first-order valence-electron chi connectivity index (χ1n) is 5.81. The Labute approximate surface area is 117 Å². The van der Waals surface area contributed by atoms with Crippen molar-refractivity contribution in [3.8, 4) is 0 Å². The lowest BCUT2D eigenvalue weighted by atomic mass is 10.1. The van der Waals surface area contributed by atoms with Crippen LogP contribution in [0, 0.1) is 6.92 Å². The number of benzene rings is 1. The van der Waals surface area contributed by atoms with E-state index in [9.17, 15) is 0 Å². The van der Waals surface area contributed by atoms with Crippen molar-refractivity contribution in [3.63, 3.8) is 0 Å². The molecule has 0 aliphatic carbocycles. The number of nitrogens with one attached hydrogen (secondary N) is 1.